The van der Waals surface area contributed by atoms with E-state index in [-0.39, 0.29) is 11.8 Å². The maximum atomic E-state index is 12.7. The number of benzene rings is 2. The molecule has 0 aliphatic carbocycles. The van der Waals surface area contributed by atoms with Crippen LogP contribution in [-0.2, 0) is 22.6 Å². The second-order valence-corrected chi connectivity index (χ2v) is 4.27. The Morgan fingerprint density at radius 1 is 0.947 bits per heavy atom. The third-order valence-electron chi connectivity index (χ3n) is 2.77. The normalized spacial score (nSPS) is 10.2. The van der Waals surface area contributed by atoms with Gasteiger partial charge in [-0.3, -0.25) is 4.79 Å². The third-order valence-corrected chi connectivity index (χ3v) is 2.77. The summed E-state index contributed by atoms with van der Waals surface area (Å²) in [6.07, 6.45) is 0.867. The standard InChI is InChI=1S/C16H15FO2/c17-15-9-6-13(7-10-15)8-11-16(18)19-12-14-4-2-1-3-5-14/h1-7,9-10H,8,11-12H2. The zero-order valence-electron chi connectivity index (χ0n) is 10.5. The van der Waals surface area contributed by atoms with Gasteiger partial charge in [-0.05, 0) is 29.7 Å². The zero-order valence-corrected chi connectivity index (χ0v) is 10.5. The van der Waals surface area contributed by atoms with E-state index in [1.807, 2.05) is 30.3 Å². The molecule has 0 saturated carbocycles. The van der Waals surface area contributed by atoms with Crippen molar-refractivity contribution < 1.29 is 13.9 Å². The van der Waals surface area contributed by atoms with E-state index in [2.05, 4.69) is 0 Å². The highest BCUT2D eigenvalue weighted by Crippen LogP contribution is 2.07. The summed E-state index contributed by atoms with van der Waals surface area (Å²) in [5.41, 5.74) is 1.90. The van der Waals surface area contributed by atoms with E-state index < -0.39 is 0 Å². The molecule has 0 amide bonds. The lowest BCUT2D eigenvalue weighted by atomic mass is 10.1. The molecule has 0 aliphatic rings. The van der Waals surface area contributed by atoms with E-state index in [1.165, 1.54) is 12.1 Å². The monoisotopic (exact) mass is 258 g/mol. The molecule has 2 nitrogen and oxygen atoms in total. The van der Waals surface area contributed by atoms with Crippen molar-refractivity contribution in [2.24, 2.45) is 0 Å². The van der Waals surface area contributed by atoms with Crippen LogP contribution in [0, 0.1) is 5.82 Å². The lowest BCUT2D eigenvalue weighted by Crippen LogP contribution is -2.05. The van der Waals surface area contributed by atoms with Gasteiger partial charge in [-0.15, -0.1) is 0 Å². The number of ether oxygens (including phenoxy) is 1. The molecule has 2 aromatic carbocycles. The zero-order chi connectivity index (χ0) is 13.5. The number of carbonyl (C=O) groups is 1. The van der Waals surface area contributed by atoms with Crippen LogP contribution in [0.15, 0.2) is 54.6 Å². The van der Waals surface area contributed by atoms with Gasteiger partial charge in [0.25, 0.3) is 0 Å². The van der Waals surface area contributed by atoms with E-state index in [0.717, 1.165) is 11.1 Å². The molecule has 2 rings (SSSR count). The number of hydrogen-bond acceptors (Lipinski definition) is 2. The average molecular weight is 258 g/mol. The van der Waals surface area contributed by atoms with Crippen molar-refractivity contribution in [2.75, 3.05) is 0 Å². The van der Waals surface area contributed by atoms with E-state index >= 15 is 0 Å². The van der Waals surface area contributed by atoms with Crippen LogP contribution in [0.5, 0.6) is 0 Å². The number of halogens is 1. The predicted molar refractivity (Wildman–Crippen MR) is 71.0 cm³/mol. The molecule has 0 atom stereocenters. The lowest BCUT2D eigenvalue weighted by Gasteiger charge is -2.05. The second-order valence-electron chi connectivity index (χ2n) is 4.27. The van der Waals surface area contributed by atoms with Crippen molar-refractivity contribution >= 4 is 5.97 Å². The Hall–Kier alpha value is -2.16. The molecule has 0 heterocycles. The first-order valence-electron chi connectivity index (χ1n) is 6.18. The molecule has 98 valence electrons. The minimum absolute atomic E-state index is 0.242. The van der Waals surface area contributed by atoms with E-state index in [1.54, 1.807) is 12.1 Å². The molecular weight excluding hydrogens is 243 g/mol. The number of esters is 1. The molecule has 0 aliphatic heterocycles. The van der Waals surface area contributed by atoms with Crippen LogP contribution in [0.4, 0.5) is 4.39 Å². The molecule has 0 saturated heterocycles. The van der Waals surface area contributed by atoms with Gasteiger partial charge in [0, 0.05) is 6.42 Å². The number of carbonyl (C=O) groups excluding carboxylic acids is 1. The van der Waals surface area contributed by atoms with E-state index in [9.17, 15) is 9.18 Å². The fraction of sp³-hybridized carbons (Fsp3) is 0.188. The topological polar surface area (TPSA) is 26.3 Å². The Bertz CT molecular complexity index is 520. The van der Waals surface area contributed by atoms with Gasteiger partial charge in [-0.2, -0.15) is 0 Å². The minimum atomic E-state index is -0.268. The maximum absolute atomic E-state index is 12.7. The first kappa shape index (κ1) is 13.3. The van der Waals surface area contributed by atoms with Crippen molar-refractivity contribution in [1.82, 2.24) is 0 Å². The molecule has 19 heavy (non-hydrogen) atoms. The summed E-state index contributed by atoms with van der Waals surface area (Å²) in [4.78, 5) is 11.6. The first-order valence-corrected chi connectivity index (χ1v) is 6.18. The van der Waals surface area contributed by atoms with Gasteiger partial charge in [0.15, 0.2) is 0 Å². The summed E-state index contributed by atoms with van der Waals surface area (Å²) < 4.78 is 17.9. The van der Waals surface area contributed by atoms with Gasteiger partial charge in [0.1, 0.15) is 12.4 Å². The van der Waals surface area contributed by atoms with Crippen molar-refractivity contribution in [2.45, 2.75) is 19.4 Å². The second kappa shape index (κ2) is 6.69. The van der Waals surface area contributed by atoms with Crippen LogP contribution in [0.2, 0.25) is 0 Å². The highest BCUT2D eigenvalue weighted by molar-refractivity contribution is 5.69. The summed E-state index contributed by atoms with van der Waals surface area (Å²) in [5, 5.41) is 0. The summed E-state index contributed by atoms with van der Waals surface area (Å²) in [5.74, 6) is -0.511. The van der Waals surface area contributed by atoms with E-state index in [0.29, 0.717) is 19.4 Å². The van der Waals surface area contributed by atoms with Gasteiger partial charge in [-0.25, -0.2) is 4.39 Å². The summed E-state index contributed by atoms with van der Waals surface area (Å²) in [6.45, 7) is 0.295. The van der Waals surface area contributed by atoms with Crippen molar-refractivity contribution in [1.29, 1.82) is 0 Å². The lowest BCUT2D eigenvalue weighted by molar-refractivity contribution is -0.144. The Balaban J connectivity index is 1.74. The molecular formula is C16H15FO2. The molecule has 3 heteroatoms. The van der Waals surface area contributed by atoms with Gasteiger partial charge < -0.3 is 4.74 Å². The van der Waals surface area contributed by atoms with Crippen LogP contribution >= 0.6 is 0 Å². The third kappa shape index (κ3) is 4.54. The Morgan fingerprint density at radius 3 is 2.32 bits per heavy atom. The summed E-state index contributed by atoms with van der Waals surface area (Å²) in [6, 6.07) is 15.7. The highest BCUT2D eigenvalue weighted by atomic mass is 19.1. The summed E-state index contributed by atoms with van der Waals surface area (Å²) in [7, 11) is 0. The highest BCUT2D eigenvalue weighted by Gasteiger charge is 2.04. The van der Waals surface area contributed by atoms with E-state index in [4.69, 9.17) is 4.74 Å². The van der Waals surface area contributed by atoms with Crippen LogP contribution in [0.1, 0.15) is 17.5 Å². The van der Waals surface area contributed by atoms with Gasteiger partial charge in [0.2, 0.25) is 0 Å². The molecule has 0 bridgehead atoms. The van der Waals surface area contributed by atoms with Gasteiger partial charge in [-0.1, -0.05) is 42.5 Å². The van der Waals surface area contributed by atoms with Crippen LogP contribution in [0.3, 0.4) is 0 Å². The molecule has 0 unspecified atom stereocenters. The van der Waals surface area contributed by atoms with Gasteiger partial charge >= 0.3 is 5.97 Å². The maximum Gasteiger partial charge on any atom is 0.306 e. The molecule has 0 radical (unpaired) electrons. The fourth-order valence-corrected chi connectivity index (χ4v) is 1.71. The predicted octanol–water partition coefficient (Wildman–Crippen LogP) is 3.50. The Morgan fingerprint density at radius 2 is 1.63 bits per heavy atom. The van der Waals surface area contributed by atoms with Crippen molar-refractivity contribution in [3.05, 3.63) is 71.5 Å². The molecule has 2 aromatic rings. The smallest absolute Gasteiger partial charge is 0.306 e. The van der Waals surface area contributed by atoms with Crippen molar-refractivity contribution in [3.63, 3.8) is 0 Å². The van der Waals surface area contributed by atoms with Crippen LogP contribution in [-0.4, -0.2) is 5.97 Å². The fourth-order valence-electron chi connectivity index (χ4n) is 1.71. The van der Waals surface area contributed by atoms with Crippen LogP contribution < -0.4 is 0 Å². The number of rotatable bonds is 5. The molecule has 0 fully saturated rings. The average Bonchev–Trinajstić information content (AvgIpc) is 2.45. The Labute approximate surface area is 111 Å². The number of aryl methyl sites for hydroxylation is 1. The largest absolute Gasteiger partial charge is 0.461 e. The Kier molecular flexibility index (Phi) is 4.67. The summed E-state index contributed by atoms with van der Waals surface area (Å²) >= 11 is 0. The first-order chi connectivity index (χ1) is 9.24. The SMILES string of the molecule is O=C(CCc1ccc(F)cc1)OCc1ccccc1. The molecule has 0 spiro atoms. The quantitative estimate of drug-likeness (QED) is 0.767. The minimum Gasteiger partial charge on any atom is -0.461 e. The van der Waals surface area contributed by atoms with Crippen molar-refractivity contribution in [3.8, 4) is 0 Å². The van der Waals surface area contributed by atoms with Crippen LogP contribution in [0.25, 0.3) is 0 Å². The molecule has 0 aromatic heterocycles. The number of hydrogen-bond donors (Lipinski definition) is 0. The van der Waals surface area contributed by atoms with Gasteiger partial charge in [0.05, 0.1) is 0 Å². The molecule has 0 N–H and O–H groups in total.